The van der Waals surface area contributed by atoms with E-state index in [1.165, 1.54) is 42.5 Å². The Hall–Kier alpha value is -2.38. The van der Waals surface area contributed by atoms with Gasteiger partial charge in [-0.1, -0.05) is 46.9 Å². The van der Waals surface area contributed by atoms with Crippen molar-refractivity contribution in [1.29, 1.82) is 0 Å². The highest BCUT2D eigenvalue weighted by atomic mass is 35.5. The van der Waals surface area contributed by atoms with E-state index in [0.29, 0.717) is 5.02 Å². The number of anilines is 1. The molecule has 0 spiro atoms. The van der Waals surface area contributed by atoms with E-state index in [4.69, 9.17) is 34.8 Å². The summed E-state index contributed by atoms with van der Waals surface area (Å²) in [4.78, 5) is 25.3. The van der Waals surface area contributed by atoms with E-state index in [9.17, 15) is 18.0 Å². The van der Waals surface area contributed by atoms with Gasteiger partial charge in [0.15, 0.2) is 15.6 Å². The zero-order chi connectivity index (χ0) is 21.9. The zero-order valence-electron chi connectivity index (χ0n) is 15.2. The molecule has 1 N–H and O–H groups in total. The van der Waals surface area contributed by atoms with Crippen molar-refractivity contribution in [3.63, 3.8) is 0 Å². The maximum absolute atomic E-state index is 12.9. The number of rotatable bonds is 6. The van der Waals surface area contributed by atoms with Crippen molar-refractivity contribution < 1.29 is 18.0 Å². The Kier molecular flexibility index (Phi) is 6.83. The van der Waals surface area contributed by atoms with Gasteiger partial charge in [-0.3, -0.25) is 9.59 Å². The Bertz CT molecular complexity index is 1230. The van der Waals surface area contributed by atoms with Crippen LogP contribution in [0.25, 0.3) is 0 Å². The first-order chi connectivity index (χ1) is 14.2. The number of nitrogens with one attached hydrogen (secondary N) is 1. The summed E-state index contributed by atoms with van der Waals surface area (Å²) >= 11 is 17.9. The summed E-state index contributed by atoms with van der Waals surface area (Å²) in [6.07, 6.45) is 0. The third-order valence-electron chi connectivity index (χ3n) is 4.11. The molecular formula is C21H14Cl3NO4S. The first-order valence-electron chi connectivity index (χ1n) is 8.54. The molecule has 0 bridgehead atoms. The fraction of sp³-hybridized carbons (Fsp3) is 0.0476. The molecule has 0 aliphatic rings. The molecular weight excluding hydrogens is 469 g/mol. The molecule has 154 valence electrons. The van der Waals surface area contributed by atoms with Crippen molar-refractivity contribution in [3.05, 3.63) is 92.9 Å². The fourth-order valence-electron chi connectivity index (χ4n) is 2.69. The molecule has 0 saturated heterocycles. The van der Waals surface area contributed by atoms with Gasteiger partial charge in [-0.05, 0) is 54.6 Å². The van der Waals surface area contributed by atoms with E-state index in [1.54, 1.807) is 24.3 Å². The van der Waals surface area contributed by atoms with Gasteiger partial charge in [0.25, 0.3) is 0 Å². The molecule has 0 atom stereocenters. The quantitative estimate of drug-likeness (QED) is 0.484. The molecule has 3 aromatic rings. The monoisotopic (exact) mass is 481 g/mol. The van der Waals surface area contributed by atoms with Crippen LogP contribution >= 0.6 is 34.8 Å². The van der Waals surface area contributed by atoms with Gasteiger partial charge in [-0.15, -0.1) is 0 Å². The summed E-state index contributed by atoms with van der Waals surface area (Å²) in [6, 6.07) is 16.2. The number of carbonyl (C=O) groups excluding carboxylic acids is 2. The lowest BCUT2D eigenvalue weighted by Crippen LogP contribution is -2.24. The lowest BCUT2D eigenvalue weighted by Gasteiger charge is -2.12. The molecule has 30 heavy (non-hydrogen) atoms. The van der Waals surface area contributed by atoms with Crippen molar-refractivity contribution in [1.82, 2.24) is 0 Å². The smallest absolute Gasteiger partial charge is 0.239 e. The van der Waals surface area contributed by atoms with Crippen LogP contribution in [0.3, 0.4) is 0 Å². The Morgan fingerprint density at radius 2 is 1.43 bits per heavy atom. The van der Waals surface area contributed by atoms with E-state index in [0.717, 1.165) is 0 Å². The van der Waals surface area contributed by atoms with Gasteiger partial charge in [0.1, 0.15) is 5.75 Å². The minimum absolute atomic E-state index is 0.0366. The van der Waals surface area contributed by atoms with Gasteiger partial charge >= 0.3 is 0 Å². The van der Waals surface area contributed by atoms with Crippen LogP contribution in [0.5, 0.6) is 0 Å². The fourth-order valence-corrected chi connectivity index (χ4v) is 4.34. The van der Waals surface area contributed by atoms with E-state index in [2.05, 4.69) is 5.32 Å². The minimum atomic E-state index is -3.90. The summed E-state index contributed by atoms with van der Waals surface area (Å²) < 4.78 is 24.9. The highest BCUT2D eigenvalue weighted by Gasteiger charge is 2.22. The number of hydrogen-bond acceptors (Lipinski definition) is 4. The lowest BCUT2D eigenvalue weighted by atomic mass is 10.0. The summed E-state index contributed by atoms with van der Waals surface area (Å²) in [5.74, 6) is -2.07. The van der Waals surface area contributed by atoms with E-state index < -0.39 is 27.3 Å². The normalized spacial score (nSPS) is 11.2. The molecule has 9 heteroatoms. The van der Waals surface area contributed by atoms with Gasteiger partial charge in [0.05, 0.1) is 15.6 Å². The first-order valence-corrected chi connectivity index (χ1v) is 11.3. The molecule has 0 unspecified atom stereocenters. The molecule has 0 aliphatic carbocycles. The number of amides is 1. The summed E-state index contributed by atoms with van der Waals surface area (Å²) in [5, 5.41) is 3.37. The molecule has 0 fully saturated rings. The number of halogens is 3. The predicted molar refractivity (Wildman–Crippen MR) is 118 cm³/mol. The van der Waals surface area contributed by atoms with Crippen LogP contribution in [-0.2, 0) is 14.6 Å². The maximum atomic E-state index is 12.9. The molecule has 0 aromatic heterocycles. The Balaban J connectivity index is 1.86. The van der Waals surface area contributed by atoms with Crippen LogP contribution in [0, 0.1) is 0 Å². The zero-order valence-corrected chi connectivity index (χ0v) is 18.3. The van der Waals surface area contributed by atoms with Crippen molar-refractivity contribution in [2.24, 2.45) is 0 Å². The molecule has 3 aromatic carbocycles. The molecule has 0 radical (unpaired) electrons. The van der Waals surface area contributed by atoms with Crippen molar-refractivity contribution >= 4 is 62.0 Å². The average molecular weight is 483 g/mol. The predicted octanol–water partition coefficient (Wildman–Crippen LogP) is 5.29. The van der Waals surface area contributed by atoms with Gasteiger partial charge in [0.2, 0.25) is 5.91 Å². The largest absolute Gasteiger partial charge is 0.325 e. The SMILES string of the molecule is O=C(CS(=O)(=O)c1ccc(Cl)cc1)Nc1ccc(Cl)cc1C(=O)c1ccccc1Cl. The second-order valence-corrected chi connectivity index (χ2v) is 9.53. The molecule has 0 saturated carbocycles. The number of benzene rings is 3. The van der Waals surface area contributed by atoms with Gasteiger partial charge in [-0.2, -0.15) is 0 Å². The Labute approximate surface area is 188 Å². The van der Waals surface area contributed by atoms with Gasteiger partial charge in [-0.25, -0.2) is 8.42 Å². The second-order valence-electron chi connectivity index (χ2n) is 6.26. The first kappa shape index (κ1) is 22.3. The van der Waals surface area contributed by atoms with Crippen molar-refractivity contribution in [2.75, 3.05) is 11.1 Å². The van der Waals surface area contributed by atoms with Crippen LogP contribution in [0.15, 0.2) is 71.6 Å². The van der Waals surface area contributed by atoms with Crippen LogP contribution in [0.2, 0.25) is 15.1 Å². The molecule has 3 rings (SSSR count). The van der Waals surface area contributed by atoms with Crippen LogP contribution < -0.4 is 5.32 Å². The van der Waals surface area contributed by atoms with Gasteiger partial charge < -0.3 is 5.32 Å². The van der Waals surface area contributed by atoms with Crippen LogP contribution in [0.4, 0.5) is 5.69 Å². The van der Waals surface area contributed by atoms with E-state index >= 15 is 0 Å². The maximum Gasteiger partial charge on any atom is 0.239 e. The third kappa shape index (κ3) is 5.21. The topological polar surface area (TPSA) is 80.3 Å². The Morgan fingerprint density at radius 3 is 2.10 bits per heavy atom. The Morgan fingerprint density at radius 1 is 0.800 bits per heavy atom. The summed E-state index contributed by atoms with van der Waals surface area (Å²) in [7, 11) is -3.90. The number of ketones is 1. The van der Waals surface area contributed by atoms with Crippen LogP contribution in [0.1, 0.15) is 15.9 Å². The standard InChI is InChI=1S/C21H14Cl3NO4S/c22-13-5-8-15(9-6-13)30(28,29)12-20(26)25-19-10-7-14(23)11-17(19)21(27)16-3-1-2-4-18(16)24/h1-11H,12H2,(H,25,26). The number of carbonyl (C=O) groups is 2. The summed E-state index contributed by atoms with van der Waals surface area (Å²) in [5.41, 5.74) is 0.444. The number of hydrogen-bond donors (Lipinski definition) is 1. The lowest BCUT2D eigenvalue weighted by molar-refractivity contribution is -0.113. The van der Waals surface area contributed by atoms with Crippen molar-refractivity contribution in [2.45, 2.75) is 4.90 Å². The van der Waals surface area contributed by atoms with Crippen molar-refractivity contribution in [3.8, 4) is 0 Å². The summed E-state index contributed by atoms with van der Waals surface area (Å²) in [6.45, 7) is 0. The van der Waals surface area contributed by atoms with Gasteiger partial charge in [0, 0.05) is 21.2 Å². The molecule has 5 nitrogen and oxygen atoms in total. The highest BCUT2D eigenvalue weighted by Crippen LogP contribution is 2.27. The van der Waals surface area contributed by atoms with Crippen LogP contribution in [-0.4, -0.2) is 25.9 Å². The molecule has 0 heterocycles. The number of sulfone groups is 1. The second kappa shape index (κ2) is 9.18. The third-order valence-corrected chi connectivity index (χ3v) is 6.56. The van der Waals surface area contributed by atoms with E-state index in [-0.39, 0.29) is 31.8 Å². The average Bonchev–Trinajstić information content (AvgIpc) is 2.69. The molecule has 0 aliphatic heterocycles. The highest BCUT2D eigenvalue weighted by molar-refractivity contribution is 7.92. The minimum Gasteiger partial charge on any atom is -0.325 e. The van der Waals surface area contributed by atoms with E-state index in [1.807, 2.05) is 0 Å². The molecule has 1 amide bonds.